The molecule has 0 heterocycles. The van der Waals surface area contributed by atoms with Crippen LogP contribution in [0.3, 0.4) is 0 Å². The quantitative estimate of drug-likeness (QED) is 0.715. The van der Waals surface area contributed by atoms with E-state index in [2.05, 4.69) is 21.2 Å². The highest BCUT2D eigenvalue weighted by Crippen LogP contribution is 2.31. The van der Waals surface area contributed by atoms with Crippen LogP contribution in [0, 0.1) is 6.92 Å². The smallest absolute Gasteiger partial charge is 0.378 e. The van der Waals surface area contributed by atoms with E-state index in [1.54, 1.807) is 6.07 Å². The molecule has 21 heavy (non-hydrogen) atoms. The summed E-state index contributed by atoms with van der Waals surface area (Å²) in [5.74, 6) is 0. The van der Waals surface area contributed by atoms with Crippen molar-refractivity contribution in [3.05, 3.63) is 63.6 Å². The summed E-state index contributed by atoms with van der Waals surface area (Å²) in [6.07, 6.45) is -4.32. The molecule has 2 rings (SSSR count). The number of nitrogens with one attached hydrogen (secondary N) is 1. The molecule has 0 amide bonds. The minimum atomic E-state index is -4.32. The predicted octanol–water partition coefficient (Wildman–Crippen LogP) is 5.95. The first-order valence-electron chi connectivity index (χ1n) is 6.47. The van der Waals surface area contributed by atoms with E-state index in [1.807, 2.05) is 32.0 Å². The minimum absolute atomic E-state index is 0.216. The largest absolute Gasteiger partial charge is 0.416 e. The van der Waals surface area contributed by atoms with Gasteiger partial charge in [-0.25, -0.2) is 0 Å². The van der Waals surface area contributed by atoms with Crippen molar-refractivity contribution in [2.24, 2.45) is 0 Å². The Bertz CT molecular complexity index is 638. The lowest BCUT2D eigenvalue weighted by Crippen LogP contribution is -2.10. The van der Waals surface area contributed by atoms with Crippen molar-refractivity contribution in [3.63, 3.8) is 0 Å². The molecule has 0 aliphatic carbocycles. The monoisotopic (exact) mass is 357 g/mol. The molecule has 1 N–H and O–H groups in total. The second-order valence-corrected chi connectivity index (χ2v) is 5.86. The Balaban J connectivity index is 2.22. The molecule has 5 heteroatoms. The molecule has 2 aromatic rings. The number of rotatable bonds is 3. The van der Waals surface area contributed by atoms with Gasteiger partial charge in [-0.15, -0.1) is 0 Å². The van der Waals surface area contributed by atoms with Gasteiger partial charge in [-0.3, -0.25) is 0 Å². The van der Waals surface area contributed by atoms with Crippen LogP contribution in [-0.2, 0) is 6.18 Å². The van der Waals surface area contributed by atoms with Gasteiger partial charge in [-0.2, -0.15) is 13.2 Å². The molecule has 0 bridgehead atoms. The zero-order chi connectivity index (χ0) is 15.6. The average Bonchev–Trinajstić information content (AvgIpc) is 2.41. The van der Waals surface area contributed by atoms with Crippen molar-refractivity contribution in [2.45, 2.75) is 26.1 Å². The van der Waals surface area contributed by atoms with Crippen molar-refractivity contribution in [1.82, 2.24) is 0 Å². The number of halogens is 4. The SMILES string of the molecule is Cc1cc(Br)ccc1NC(C)c1cccc(C(F)(F)F)c1. The highest BCUT2D eigenvalue weighted by molar-refractivity contribution is 9.10. The second kappa shape index (κ2) is 6.10. The lowest BCUT2D eigenvalue weighted by molar-refractivity contribution is -0.137. The Morgan fingerprint density at radius 2 is 1.81 bits per heavy atom. The highest BCUT2D eigenvalue weighted by Gasteiger charge is 2.30. The Morgan fingerprint density at radius 3 is 2.43 bits per heavy atom. The number of hydrogen-bond donors (Lipinski definition) is 1. The topological polar surface area (TPSA) is 12.0 Å². The van der Waals surface area contributed by atoms with Gasteiger partial charge in [0.15, 0.2) is 0 Å². The maximum atomic E-state index is 12.7. The lowest BCUT2D eigenvalue weighted by Gasteiger charge is -2.19. The summed E-state index contributed by atoms with van der Waals surface area (Å²) in [6.45, 7) is 3.79. The van der Waals surface area contributed by atoms with Gasteiger partial charge >= 0.3 is 6.18 Å². The summed E-state index contributed by atoms with van der Waals surface area (Å²) in [5.41, 5.74) is 1.92. The molecule has 0 aromatic heterocycles. The molecule has 0 fully saturated rings. The number of benzene rings is 2. The molecular weight excluding hydrogens is 343 g/mol. The fourth-order valence-electron chi connectivity index (χ4n) is 2.09. The third kappa shape index (κ3) is 4.00. The summed E-state index contributed by atoms with van der Waals surface area (Å²) in [5, 5.41) is 3.24. The van der Waals surface area contributed by atoms with Crippen LogP contribution in [0.15, 0.2) is 46.9 Å². The third-order valence-electron chi connectivity index (χ3n) is 3.27. The molecule has 1 atom stereocenters. The van der Waals surface area contributed by atoms with Crippen LogP contribution in [0.5, 0.6) is 0 Å². The Kier molecular flexibility index (Phi) is 4.61. The average molecular weight is 358 g/mol. The Labute approximate surface area is 130 Å². The van der Waals surface area contributed by atoms with E-state index in [4.69, 9.17) is 0 Å². The molecule has 0 aliphatic heterocycles. The molecule has 0 radical (unpaired) electrons. The van der Waals surface area contributed by atoms with Crippen LogP contribution in [0.1, 0.15) is 29.7 Å². The number of anilines is 1. The molecule has 2 aromatic carbocycles. The van der Waals surface area contributed by atoms with Gasteiger partial charge < -0.3 is 5.32 Å². The summed E-state index contributed by atoms with van der Waals surface area (Å²) >= 11 is 3.39. The van der Waals surface area contributed by atoms with Gasteiger partial charge in [0.1, 0.15) is 0 Å². The molecular formula is C16H15BrF3N. The Morgan fingerprint density at radius 1 is 1.10 bits per heavy atom. The van der Waals surface area contributed by atoms with Crippen LogP contribution in [-0.4, -0.2) is 0 Å². The van der Waals surface area contributed by atoms with Crippen LogP contribution in [0.4, 0.5) is 18.9 Å². The van der Waals surface area contributed by atoms with E-state index in [9.17, 15) is 13.2 Å². The van der Waals surface area contributed by atoms with Crippen molar-refractivity contribution in [3.8, 4) is 0 Å². The second-order valence-electron chi connectivity index (χ2n) is 4.95. The number of hydrogen-bond acceptors (Lipinski definition) is 1. The highest BCUT2D eigenvalue weighted by atomic mass is 79.9. The summed E-state index contributed by atoms with van der Waals surface area (Å²) in [7, 11) is 0. The first-order valence-corrected chi connectivity index (χ1v) is 7.26. The van der Waals surface area contributed by atoms with Crippen molar-refractivity contribution in [1.29, 1.82) is 0 Å². The molecule has 1 nitrogen and oxygen atoms in total. The first-order chi connectivity index (χ1) is 9.77. The molecule has 0 spiro atoms. The molecule has 1 unspecified atom stereocenters. The van der Waals surface area contributed by atoms with Gasteiger partial charge in [0.05, 0.1) is 5.56 Å². The zero-order valence-electron chi connectivity index (χ0n) is 11.6. The van der Waals surface area contributed by atoms with Crippen molar-refractivity contribution >= 4 is 21.6 Å². The molecule has 112 valence electrons. The predicted molar refractivity (Wildman–Crippen MR) is 82.4 cm³/mol. The standard InChI is InChI=1S/C16H15BrF3N/c1-10-8-14(17)6-7-15(10)21-11(2)12-4-3-5-13(9-12)16(18,19)20/h3-9,11,21H,1-2H3. The van der Waals surface area contributed by atoms with Crippen LogP contribution >= 0.6 is 15.9 Å². The van der Waals surface area contributed by atoms with E-state index in [1.165, 1.54) is 12.1 Å². The number of aryl methyl sites for hydroxylation is 1. The molecule has 0 saturated carbocycles. The summed E-state index contributed by atoms with van der Waals surface area (Å²) in [6, 6.07) is 10.9. The normalized spacial score (nSPS) is 13.0. The van der Waals surface area contributed by atoms with Gasteiger partial charge in [0, 0.05) is 16.2 Å². The summed E-state index contributed by atoms with van der Waals surface area (Å²) in [4.78, 5) is 0. The third-order valence-corrected chi connectivity index (χ3v) is 3.77. The van der Waals surface area contributed by atoms with E-state index in [-0.39, 0.29) is 6.04 Å². The van der Waals surface area contributed by atoms with Crippen molar-refractivity contribution < 1.29 is 13.2 Å². The van der Waals surface area contributed by atoms with E-state index in [0.29, 0.717) is 5.56 Å². The maximum Gasteiger partial charge on any atom is 0.416 e. The fourth-order valence-corrected chi connectivity index (χ4v) is 2.57. The van der Waals surface area contributed by atoms with Crippen LogP contribution in [0.2, 0.25) is 0 Å². The van der Waals surface area contributed by atoms with Gasteiger partial charge in [0.2, 0.25) is 0 Å². The van der Waals surface area contributed by atoms with E-state index >= 15 is 0 Å². The lowest BCUT2D eigenvalue weighted by atomic mass is 10.0. The molecule has 0 saturated heterocycles. The minimum Gasteiger partial charge on any atom is -0.378 e. The number of alkyl halides is 3. The summed E-state index contributed by atoms with van der Waals surface area (Å²) < 4.78 is 39.2. The fraction of sp³-hybridized carbons (Fsp3) is 0.250. The Hall–Kier alpha value is -1.49. The van der Waals surface area contributed by atoms with Crippen molar-refractivity contribution in [2.75, 3.05) is 5.32 Å². The van der Waals surface area contributed by atoms with Gasteiger partial charge in [0.25, 0.3) is 0 Å². The van der Waals surface area contributed by atoms with Crippen LogP contribution < -0.4 is 5.32 Å². The molecule has 0 aliphatic rings. The van der Waals surface area contributed by atoms with Crippen LogP contribution in [0.25, 0.3) is 0 Å². The van der Waals surface area contributed by atoms with Gasteiger partial charge in [-0.05, 0) is 55.3 Å². The van der Waals surface area contributed by atoms with Gasteiger partial charge in [-0.1, -0.05) is 28.1 Å². The zero-order valence-corrected chi connectivity index (χ0v) is 13.2. The van der Waals surface area contributed by atoms with E-state index < -0.39 is 11.7 Å². The first kappa shape index (κ1) is 15.9. The maximum absolute atomic E-state index is 12.7. The van der Waals surface area contributed by atoms with E-state index in [0.717, 1.165) is 21.8 Å².